The molecule has 1 amide bonds. The Balaban J connectivity index is 2.60. The van der Waals surface area contributed by atoms with Crippen LogP contribution in [0.25, 0.3) is 0 Å². The van der Waals surface area contributed by atoms with E-state index in [2.05, 4.69) is 35.1 Å². The number of nitrogens with one attached hydrogen (secondary N) is 1. The summed E-state index contributed by atoms with van der Waals surface area (Å²) in [6.45, 7) is 6.94. The molecule has 0 bridgehead atoms. The van der Waals surface area contributed by atoms with Crippen LogP contribution in [0, 0.1) is 12.3 Å². The van der Waals surface area contributed by atoms with Crippen LogP contribution in [0.4, 0.5) is 0 Å². The number of amides is 1. The topological polar surface area (TPSA) is 29.1 Å². The van der Waals surface area contributed by atoms with E-state index >= 15 is 0 Å². The summed E-state index contributed by atoms with van der Waals surface area (Å²) in [5, 5.41) is 3.00. The molecule has 0 aliphatic rings. The SMILES string of the molecule is Cc1ccc(C(=O)NCC(C)(C)CCCCl)c(Br)c1. The van der Waals surface area contributed by atoms with Crippen LogP contribution in [-0.2, 0) is 0 Å². The molecule has 1 rings (SSSR count). The number of carbonyl (C=O) groups excluding carboxylic acids is 1. The van der Waals surface area contributed by atoms with Gasteiger partial charge in [-0.2, -0.15) is 0 Å². The molecule has 0 radical (unpaired) electrons. The van der Waals surface area contributed by atoms with Gasteiger partial charge >= 0.3 is 0 Å². The second-order valence-corrected chi connectivity index (χ2v) is 6.86. The summed E-state index contributed by atoms with van der Waals surface area (Å²) in [6, 6.07) is 5.74. The molecule has 0 saturated heterocycles. The molecular weight excluding hydrogens is 326 g/mol. The first-order chi connectivity index (χ1) is 8.85. The van der Waals surface area contributed by atoms with Crippen molar-refractivity contribution >= 4 is 33.4 Å². The zero-order valence-electron chi connectivity index (χ0n) is 11.7. The standard InChI is InChI=1S/C15H21BrClNO/c1-11-5-6-12(13(16)9-11)14(19)18-10-15(2,3)7-4-8-17/h5-6,9H,4,7-8,10H2,1-3H3,(H,18,19). The molecule has 19 heavy (non-hydrogen) atoms. The molecule has 0 fully saturated rings. The van der Waals surface area contributed by atoms with E-state index in [4.69, 9.17) is 11.6 Å². The fourth-order valence-corrected chi connectivity index (χ4v) is 2.66. The highest BCUT2D eigenvalue weighted by Gasteiger charge is 2.19. The molecule has 4 heteroatoms. The largest absolute Gasteiger partial charge is 0.351 e. The van der Waals surface area contributed by atoms with Gasteiger partial charge in [-0.25, -0.2) is 0 Å². The predicted molar refractivity (Wildman–Crippen MR) is 84.9 cm³/mol. The smallest absolute Gasteiger partial charge is 0.252 e. The van der Waals surface area contributed by atoms with Crippen LogP contribution in [0.3, 0.4) is 0 Å². The molecule has 0 aliphatic carbocycles. The van der Waals surface area contributed by atoms with Crippen LogP contribution in [0.5, 0.6) is 0 Å². The van der Waals surface area contributed by atoms with Crippen molar-refractivity contribution < 1.29 is 4.79 Å². The number of aryl methyl sites for hydroxylation is 1. The van der Waals surface area contributed by atoms with E-state index < -0.39 is 0 Å². The number of hydrogen-bond donors (Lipinski definition) is 1. The lowest BCUT2D eigenvalue weighted by molar-refractivity contribution is 0.0934. The van der Waals surface area contributed by atoms with Crippen molar-refractivity contribution in [2.75, 3.05) is 12.4 Å². The summed E-state index contributed by atoms with van der Waals surface area (Å²) in [5.41, 5.74) is 1.88. The summed E-state index contributed by atoms with van der Waals surface area (Å²) in [6.07, 6.45) is 1.98. The molecule has 0 atom stereocenters. The summed E-state index contributed by atoms with van der Waals surface area (Å²) < 4.78 is 0.837. The zero-order chi connectivity index (χ0) is 14.5. The van der Waals surface area contributed by atoms with Crippen molar-refractivity contribution in [3.8, 4) is 0 Å². The van der Waals surface area contributed by atoms with Gasteiger partial charge in [0.05, 0.1) is 5.56 Å². The van der Waals surface area contributed by atoms with Gasteiger partial charge in [0.15, 0.2) is 0 Å². The Kier molecular flexibility index (Phi) is 6.34. The maximum atomic E-state index is 12.1. The molecular formula is C15H21BrClNO. The Morgan fingerprint density at radius 2 is 2.11 bits per heavy atom. The summed E-state index contributed by atoms with van der Waals surface area (Å²) in [5.74, 6) is 0.631. The van der Waals surface area contributed by atoms with E-state index in [9.17, 15) is 4.79 Å². The number of carbonyl (C=O) groups is 1. The number of benzene rings is 1. The van der Waals surface area contributed by atoms with Crippen molar-refractivity contribution in [3.05, 3.63) is 33.8 Å². The predicted octanol–water partition coefficient (Wildman–Crippen LogP) is 4.53. The van der Waals surface area contributed by atoms with Crippen molar-refractivity contribution in [1.82, 2.24) is 5.32 Å². The zero-order valence-corrected chi connectivity index (χ0v) is 14.1. The van der Waals surface area contributed by atoms with E-state index in [1.54, 1.807) is 0 Å². The van der Waals surface area contributed by atoms with Gasteiger partial charge in [-0.1, -0.05) is 19.9 Å². The lowest BCUT2D eigenvalue weighted by Crippen LogP contribution is -2.34. The molecule has 1 aromatic rings. The van der Waals surface area contributed by atoms with Crippen LogP contribution in [0.15, 0.2) is 22.7 Å². The Bertz CT molecular complexity index is 446. The fraction of sp³-hybridized carbons (Fsp3) is 0.533. The minimum atomic E-state index is -0.0363. The van der Waals surface area contributed by atoms with Crippen molar-refractivity contribution in [2.45, 2.75) is 33.6 Å². The Hall–Kier alpha value is -0.540. The summed E-state index contributed by atoms with van der Waals surface area (Å²) in [4.78, 5) is 12.1. The number of alkyl halides is 1. The van der Waals surface area contributed by atoms with Gasteiger partial charge in [0.25, 0.3) is 5.91 Å². The van der Waals surface area contributed by atoms with Gasteiger partial charge in [-0.3, -0.25) is 4.79 Å². The van der Waals surface area contributed by atoms with Gasteiger partial charge in [-0.05, 0) is 58.8 Å². The average molecular weight is 347 g/mol. The van der Waals surface area contributed by atoms with Gasteiger partial charge in [-0.15, -0.1) is 11.6 Å². The molecule has 0 aliphatic heterocycles. The highest BCUT2D eigenvalue weighted by Crippen LogP contribution is 2.22. The van der Waals surface area contributed by atoms with Crippen molar-refractivity contribution in [3.63, 3.8) is 0 Å². The molecule has 0 spiro atoms. The third-order valence-electron chi connectivity index (χ3n) is 3.08. The molecule has 0 heterocycles. The summed E-state index contributed by atoms with van der Waals surface area (Å²) in [7, 11) is 0. The minimum absolute atomic E-state index is 0.0363. The molecule has 106 valence electrons. The number of hydrogen-bond acceptors (Lipinski definition) is 1. The Morgan fingerprint density at radius 3 is 2.68 bits per heavy atom. The van der Waals surface area contributed by atoms with Crippen LogP contribution in [-0.4, -0.2) is 18.3 Å². The van der Waals surface area contributed by atoms with Crippen molar-refractivity contribution in [1.29, 1.82) is 0 Å². The van der Waals surface area contributed by atoms with E-state index in [1.807, 2.05) is 25.1 Å². The highest BCUT2D eigenvalue weighted by atomic mass is 79.9. The first-order valence-corrected chi connectivity index (χ1v) is 7.79. The lowest BCUT2D eigenvalue weighted by Gasteiger charge is -2.24. The molecule has 1 N–H and O–H groups in total. The molecule has 0 unspecified atom stereocenters. The summed E-state index contributed by atoms with van der Waals surface area (Å²) >= 11 is 9.14. The quantitative estimate of drug-likeness (QED) is 0.753. The lowest BCUT2D eigenvalue weighted by atomic mass is 9.88. The second kappa shape index (κ2) is 7.30. The Morgan fingerprint density at radius 1 is 1.42 bits per heavy atom. The van der Waals surface area contributed by atoms with Crippen LogP contribution < -0.4 is 5.32 Å². The van der Waals surface area contributed by atoms with E-state index in [-0.39, 0.29) is 11.3 Å². The number of rotatable bonds is 6. The maximum Gasteiger partial charge on any atom is 0.252 e. The monoisotopic (exact) mass is 345 g/mol. The molecule has 0 saturated carbocycles. The first kappa shape index (κ1) is 16.5. The van der Waals surface area contributed by atoms with Crippen molar-refractivity contribution in [2.24, 2.45) is 5.41 Å². The van der Waals surface area contributed by atoms with E-state index in [0.717, 1.165) is 22.9 Å². The number of halogens is 2. The van der Waals surface area contributed by atoms with Gasteiger partial charge in [0.2, 0.25) is 0 Å². The average Bonchev–Trinajstić information content (AvgIpc) is 2.34. The molecule has 1 aromatic carbocycles. The van der Waals surface area contributed by atoms with Crippen LogP contribution >= 0.6 is 27.5 Å². The van der Waals surface area contributed by atoms with E-state index in [0.29, 0.717) is 18.0 Å². The van der Waals surface area contributed by atoms with Gasteiger partial charge < -0.3 is 5.32 Å². The minimum Gasteiger partial charge on any atom is -0.351 e. The van der Waals surface area contributed by atoms with Crippen LogP contribution in [0.1, 0.15) is 42.6 Å². The molecule has 2 nitrogen and oxygen atoms in total. The molecule has 0 aromatic heterocycles. The van der Waals surface area contributed by atoms with Gasteiger partial charge in [0, 0.05) is 16.9 Å². The maximum absolute atomic E-state index is 12.1. The first-order valence-electron chi connectivity index (χ1n) is 6.46. The normalized spacial score (nSPS) is 11.4. The Labute approximate surface area is 129 Å². The third kappa shape index (κ3) is 5.53. The highest BCUT2D eigenvalue weighted by molar-refractivity contribution is 9.10. The third-order valence-corrected chi connectivity index (χ3v) is 4.01. The van der Waals surface area contributed by atoms with E-state index in [1.165, 1.54) is 0 Å². The van der Waals surface area contributed by atoms with Crippen LogP contribution in [0.2, 0.25) is 0 Å². The fourth-order valence-electron chi connectivity index (χ4n) is 1.85. The second-order valence-electron chi connectivity index (χ2n) is 5.62. The van der Waals surface area contributed by atoms with Gasteiger partial charge in [0.1, 0.15) is 0 Å².